The number of nitrogens with zero attached hydrogens (tertiary/aromatic N) is 4. The summed E-state index contributed by atoms with van der Waals surface area (Å²) in [7, 11) is 0. The molecule has 0 radical (unpaired) electrons. The average Bonchev–Trinajstić information content (AvgIpc) is 2.82. The van der Waals surface area contributed by atoms with Crippen molar-refractivity contribution in [2.75, 3.05) is 0 Å². The van der Waals surface area contributed by atoms with E-state index in [0.29, 0.717) is 21.4 Å². The molecule has 0 saturated heterocycles. The summed E-state index contributed by atoms with van der Waals surface area (Å²) in [6.07, 6.45) is 3.71. The van der Waals surface area contributed by atoms with E-state index in [1.807, 2.05) is 6.07 Å². The predicted octanol–water partition coefficient (Wildman–Crippen LogP) is 3.77. The highest BCUT2D eigenvalue weighted by molar-refractivity contribution is 6.42. The summed E-state index contributed by atoms with van der Waals surface area (Å²) in [6, 6.07) is 9.22. The lowest BCUT2D eigenvalue weighted by atomic mass is 10.1. The van der Waals surface area contributed by atoms with Gasteiger partial charge < -0.3 is 0 Å². The van der Waals surface area contributed by atoms with Gasteiger partial charge in [-0.3, -0.25) is 0 Å². The van der Waals surface area contributed by atoms with E-state index in [-0.39, 0.29) is 6.42 Å². The fourth-order valence-electron chi connectivity index (χ4n) is 2.05. The summed E-state index contributed by atoms with van der Waals surface area (Å²) >= 11 is 12.0. The maximum Gasteiger partial charge on any atom is 0.159 e. The number of hydrogen-bond donors (Lipinski definition) is 0. The van der Waals surface area contributed by atoms with Crippen LogP contribution in [0.4, 0.5) is 0 Å². The van der Waals surface area contributed by atoms with E-state index in [2.05, 4.69) is 16.2 Å². The van der Waals surface area contributed by atoms with Gasteiger partial charge in [0.2, 0.25) is 0 Å². The molecule has 2 heterocycles. The summed E-state index contributed by atoms with van der Waals surface area (Å²) in [5.41, 5.74) is 2.97. The van der Waals surface area contributed by atoms with Gasteiger partial charge >= 0.3 is 0 Å². The van der Waals surface area contributed by atoms with Crippen LogP contribution in [-0.2, 0) is 6.42 Å². The Bertz CT molecular complexity index is 833. The monoisotopic (exact) mass is 302 g/mol. The van der Waals surface area contributed by atoms with Gasteiger partial charge in [0.05, 0.1) is 28.2 Å². The van der Waals surface area contributed by atoms with E-state index in [1.54, 1.807) is 35.1 Å². The van der Waals surface area contributed by atoms with Crippen molar-refractivity contribution in [1.29, 1.82) is 5.26 Å². The molecule has 0 spiro atoms. The molecule has 3 aromatic rings. The fourth-order valence-corrected chi connectivity index (χ4v) is 2.35. The molecule has 0 bridgehead atoms. The van der Waals surface area contributed by atoms with E-state index < -0.39 is 0 Å². The Morgan fingerprint density at radius 2 is 2.10 bits per heavy atom. The molecule has 98 valence electrons. The number of aromatic nitrogens is 3. The third-order valence-electron chi connectivity index (χ3n) is 2.94. The Morgan fingerprint density at radius 3 is 2.85 bits per heavy atom. The number of benzene rings is 1. The summed E-state index contributed by atoms with van der Waals surface area (Å²) < 4.78 is 1.66. The third-order valence-corrected chi connectivity index (χ3v) is 3.68. The smallest absolute Gasteiger partial charge is 0.159 e. The summed E-state index contributed by atoms with van der Waals surface area (Å²) in [5, 5.41) is 14.4. The Balaban J connectivity index is 2.27. The molecule has 0 saturated carbocycles. The van der Waals surface area contributed by atoms with Gasteiger partial charge in [-0.15, -0.1) is 0 Å². The van der Waals surface area contributed by atoms with Gasteiger partial charge in [-0.1, -0.05) is 29.3 Å². The van der Waals surface area contributed by atoms with Crippen molar-refractivity contribution < 1.29 is 0 Å². The lowest BCUT2D eigenvalue weighted by Crippen LogP contribution is -1.88. The molecule has 0 fully saturated rings. The second kappa shape index (κ2) is 5.12. The zero-order valence-electron chi connectivity index (χ0n) is 10.2. The van der Waals surface area contributed by atoms with Crippen molar-refractivity contribution >= 4 is 28.8 Å². The van der Waals surface area contributed by atoms with Crippen LogP contribution < -0.4 is 0 Å². The maximum atomic E-state index is 9.01. The summed E-state index contributed by atoms with van der Waals surface area (Å²) in [5.74, 6) is 0. The Labute approximate surface area is 125 Å². The zero-order chi connectivity index (χ0) is 14.1. The Kier molecular flexibility index (Phi) is 3.31. The second-order valence-corrected chi connectivity index (χ2v) is 4.99. The average molecular weight is 303 g/mol. The molecular formula is C14H8Cl2N4. The van der Waals surface area contributed by atoms with Crippen LogP contribution in [0.1, 0.15) is 5.56 Å². The molecule has 0 aliphatic rings. The minimum atomic E-state index is 0.232. The second-order valence-electron chi connectivity index (χ2n) is 4.18. The first kappa shape index (κ1) is 12.9. The van der Waals surface area contributed by atoms with Crippen molar-refractivity contribution in [3.8, 4) is 17.3 Å². The molecule has 0 unspecified atom stereocenters. The van der Waals surface area contributed by atoms with Crippen molar-refractivity contribution in [3.63, 3.8) is 0 Å². The largest absolute Gasteiger partial charge is 0.237 e. The van der Waals surface area contributed by atoms with Crippen LogP contribution in [0.5, 0.6) is 0 Å². The normalized spacial score (nSPS) is 10.7. The van der Waals surface area contributed by atoms with Gasteiger partial charge in [0.15, 0.2) is 5.65 Å². The highest BCUT2D eigenvalue weighted by Gasteiger charge is 2.15. The summed E-state index contributed by atoms with van der Waals surface area (Å²) in [6.45, 7) is 0. The SMILES string of the molecule is N#CCc1c(-c2ccc(Cl)c(Cl)c2)nn2cccnc12. The molecule has 0 aliphatic heterocycles. The highest BCUT2D eigenvalue weighted by atomic mass is 35.5. The van der Waals surface area contributed by atoms with E-state index in [9.17, 15) is 0 Å². The quantitative estimate of drug-likeness (QED) is 0.724. The Hall–Kier alpha value is -2.09. The lowest BCUT2D eigenvalue weighted by Gasteiger charge is -2.01. The van der Waals surface area contributed by atoms with E-state index in [4.69, 9.17) is 28.5 Å². The molecular weight excluding hydrogens is 295 g/mol. The fraction of sp³-hybridized carbons (Fsp3) is 0.0714. The molecule has 2 aromatic heterocycles. The standard InChI is InChI=1S/C14H8Cl2N4/c15-11-3-2-9(8-12(11)16)13-10(4-5-17)14-18-6-1-7-20(14)19-13/h1-3,6-8H,4H2. The van der Waals surface area contributed by atoms with Gasteiger partial charge in [0, 0.05) is 23.5 Å². The van der Waals surface area contributed by atoms with E-state index >= 15 is 0 Å². The van der Waals surface area contributed by atoms with Gasteiger partial charge in [0.1, 0.15) is 0 Å². The first-order valence-corrected chi connectivity index (χ1v) is 6.61. The van der Waals surface area contributed by atoms with Crippen molar-refractivity contribution in [3.05, 3.63) is 52.3 Å². The van der Waals surface area contributed by atoms with Crippen molar-refractivity contribution in [1.82, 2.24) is 14.6 Å². The van der Waals surface area contributed by atoms with Crippen LogP contribution in [0.3, 0.4) is 0 Å². The number of rotatable bonds is 2. The van der Waals surface area contributed by atoms with Crippen LogP contribution in [0, 0.1) is 11.3 Å². The molecule has 0 amide bonds. The van der Waals surface area contributed by atoms with Crippen LogP contribution >= 0.6 is 23.2 Å². The van der Waals surface area contributed by atoms with Crippen molar-refractivity contribution in [2.24, 2.45) is 0 Å². The molecule has 20 heavy (non-hydrogen) atoms. The molecule has 0 aliphatic carbocycles. The predicted molar refractivity (Wildman–Crippen MR) is 77.8 cm³/mol. The lowest BCUT2D eigenvalue weighted by molar-refractivity contribution is 0.943. The van der Waals surface area contributed by atoms with Gasteiger partial charge in [-0.05, 0) is 18.2 Å². The maximum absolute atomic E-state index is 9.01. The number of nitriles is 1. The minimum Gasteiger partial charge on any atom is -0.237 e. The number of hydrogen-bond acceptors (Lipinski definition) is 3. The van der Waals surface area contributed by atoms with Gasteiger partial charge in [0.25, 0.3) is 0 Å². The van der Waals surface area contributed by atoms with Crippen LogP contribution in [-0.4, -0.2) is 14.6 Å². The molecule has 3 rings (SSSR count). The van der Waals surface area contributed by atoms with Crippen LogP contribution in [0.15, 0.2) is 36.7 Å². The first-order valence-electron chi connectivity index (χ1n) is 5.85. The highest BCUT2D eigenvalue weighted by Crippen LogP contribution is 2.31. The molecule has 0 atom stereocenters. The first-order chi connectivity index (χ1) is 9.70. The van der Waals surface area contributed by atoms with Gasteiger partial charge in [-0.2, -0.15) is 10.4 Å². The molecule has 0 N–H and O–H groups in total. The Morgan fingerprint density at radius 1 is 1.25 bits per heavy atom. The van der Waals surface area contributed by atoms with E-state index in [0.717, 1.165) is 11.1 Å². The zero-order valence-corrected chi connectivity index (χ0v) is 11.7. The molecule has 1 aromatic carbocycles. The van der Waals surface area contributed by atoms with E-state index in [1.165, 1.54) is 0 Å². The molecule has 6 heteroatoms. The van der Waals surface area contributed by atoms with Crippen LogP contribution in [0.2, 0.25) is 10.0 Å². The number of halogens is 2. The van der Waals surface area contributed by atoms with Gasteiger partial charge in [-0.25, -0.2) is 9.50 Å². The third kappa shape index (κ3) is 2.11. The molecule has 4 nitrogen and oxygen atoms in total. The topological polar surface area (TPSA) is 54.0 Å². The summed E-state index contributed by atoms with van der Waals surface area (Å²) in [4.78, 5) is 4.28. The van der Waals surface area contributed by atoms with Crippen molar-refractivity contribution in [2.45, 2.75) is 6.42 Å². The number of fused-ring (bicyclic) bond motifs is 1. The van der Waals surface area contributed by atoms with Crippen LogP contribution in [0.25, 0.3) is 16.9 Å². The minimum absolute atomic E-state index is 0.232.